The molecule has 1 heterocycles. The van der Waals surface area contributed by atoms with Gasteiger partial charge < -0.3 is 20.7 Å². The summed E-state index contributed by atoms with van der Waals surface area (Å²) in [5.41, 5.74) is 5.56. The number of hydrogen-bond acceptors (Lipinski definition) is 5. The van der Waals surface area contributed by atoms with Crippen LogP contribution in [0.1, 0.15) is 0 Å². The minimum Gasteiger partial charge on any atom is -0.468 e. The quantitative estimate of drug-likeness (QED) is 0.476. The number of thioether (sulfide) groups is 1. The lowest BCUT2D eigenvalue weighted by Crippen LogP contribution is -2.35. The molecule has 92 valence electrons. The zero-order valence-corrected chi connectivity index (χ0v) is 10.1. The van der Waals surface area contributed by atoms with Gasteiger partial charge in [-0.1, -0.05) is 0 Å². The molecule has 6 nitrogen and oxygen atoms in total. The molecular weight excluding hydrogens is 230 g/mol. The van der Waals surface area contributed by atoms with E-state index in [2.05, 4.69) is 10.1 Å². The maximum atomic E-state index is 11.2. The molecule has 0 radical (unpaired) electrons. The molecule has 1 unspecified atom stereocenters. The summed E-state index contributed by atoms with van der Waals surface area (Å²) in [4.78, 5) is 23.9. The molecule has 0 aliphatic carbocycles. The third kappa shape index (κ3) is 3.90. The first-order valence-electron chi connectivity index (χ1n) is 5.09. The van der Waals surface area contributed by atoms with Crippen LogP contribution in [0.2, 0.25) is 0 Å². The smallest absolute Gasteiger partial charge is 0.323 e. The Hall–Kier alpha value is -0.950. The van der Waals surface area contributed by atoms with Crippen LogP contribution in [0, 0.1) is 0 Å². The molecule has 1 atom stereocenters. The lowest BCUT2D eigenvalue weighted by molar-refractivity contribution is -0.141. The summed E-state index contributed by atoms with van der Waals surface area (Å²) in [5.74, 6) is 0.895. The van der Waals surface area contributed by atoms with E-state index in [4.69, 9.17) is 5.73 Å². The molecule has 16 heavy (non-hydrogen) atoms. The van der Waals surface area contributed by atoms with Gasteiger partial charge in [-0.2, -0.15) is 11.8 Å². The summed E-state index contributed by atoms with van der Waals surface area (Å²) in [6.45, 7) is 2.15. The van der Waals surface area contributed by atoms with Gasteiger partial charge in [0.2, 0.25) is 0 Å². The monoisotopic (exact) mass is 247 g/mol. The highest BCUT2D eigenvalue weighted by atomic mass is 32.2. The van der Waals surface area contributed by atoms with Crippen LogP contribution in [-0.4, -0.2) is 61.2 Å². The number of ether oxygens (including phenoxy) is 1. The van der Waals surface area contributed by atoms with Crippen LogP contribution in [0.3, 0.4) is 0 Å². The summed E-state index contributed by atoms with van der Waals surface area (Å²) in [5, 5.41) is 2.73. The van der Waals surface area contributed by atoms with Crippen molar-refractivity contribution in [1.82, 2.24) is 10.2 Å². The van der Waals surface area contributed by atoms with Crippen molar-refractivity contribution >= 4 is 23.8 Å². The second-order valence-electron chi connectivity index (χ2n) is 3.42. The first kappa shape index (κ1) is 13.1. The van der Waals surface area contributed by atoms with Gasteiger partial charge >= 0.3 is 12.0 Å². The number of esters is 1. The minimum absolute atomic E-state index is 0.0159. The second-order valence-corrected chi connectivity index (χ2v) is 4.57. The van der Waals surface area contributed by atoms with E-state index in [9.17, 15) is 9.59 Å². The number of urea groups is 1. The van der Waals surface area contributed by atoms with Crippen molar-refractivity contribution in [3.63, 3.8) is 0 Å². The van der Waals surface area contributed by atoms with E-state index >= 15 is 0 Å². The van der Waals surface area contributed by atoms with Crippen LogP contribution < -0.4 is 11.1 Å². The number of rotatable bonds is 6. The molecule has 1 aliphatic heterocycles. The lowest BCUT2D eigenvalue weighted by Gasteiger charge is -2.14. The third-order valence-electron chi connectivity index (χ3n) is 2.25. The molecule has 0 saturated carbocycles. The van der Waals surface area contributed by atoms with Crippen molar-refractivity contribution < 1.29 is 14.3 Å². The molecule has 0 aromatic rings. The standard InChI is InChI=1S/C9H17N3O3S/c1-15-8(13)7(10)6-16-5-4-12-3-2-11-9(12)14/h7H,2-6,10H2,1H3,(H,11,14). The number of carbonyl (C=O) groups excluding carboxylic acids is 2. The van der Waals surface area contributed by atoms with Crippen molar-refractivity contribution in [3.8, 4) is 0 Å². The number of carbonyl (C=O) groups is 2. The van der Waals surface area contributed by atoms with Crippen molar-refractivity contribution in [2.24, 2.45) is 5.73 Å². The van der Waals surface area contributed by atoms with E-state index in [1.807, 2.05) is 0 Å². The fraction of sp³-hybridized carbons (Fsp3) is 0.778. The molecular formula is C9H17N3O3S. The SMILES string of the molecule is COC(=O)C(N)CSCCN1CCNC1=O. The Morgan fingerprint density at radius 1 is 1.75 bits per heavy atom. The number of nitrogens with zero attached hydrogens (tertiary/aromatic N) is 1. The van der Waals surface area contributed by atoms with Gasteiger partial charge in [0.1, 0.15) is 6.04 Å². The predicted molar refractivity (Wildman–Crippen MR) is 62.3 cm³/mol. The van der Waals surface area contributed by atoms with Crippen LogP contribution in [-0.2, 0) is 9.53 Å². The molecule has 1 aliphatic rings. The van der Waals surface area contributed by atoms with E-state index < -0.39 is 12.0 Å². The number of amides is 2. The molecule has 0 aromatic heterocycles. The molecule has 0 spiro atoms. The highest BCUT2D eigenvalue weighted by Crippen LogP contribution is 2.05. The lowest BCUT2D eigenvalue weighted by atomic mass is 10.4. The first-order chi connectivity index (χ1) is 7.65. The normalized spacial score (nSPS) is 17.1. The van der Waals surface area contributed by atoms with Gasteiger partial charge in [0.15, 0.2) is 0 Å². The number of methoxy groups -OCH3 is 1. The van der Waals surface area contributed by atoms with Crippen LogP contribution in [0.5, 0.6) is 0 Å². The summed E-state index contributed by atoms with van der Waals surface area (Å²) in [7, 11) is 1.32. The van der Waals surface area contributed by atoms with Crippen LogP contribution in [0.15, 0.2) is 0 Å². The summed E-state index contributed by atoms with van der Waals surface area (Å²) >= 11 is 1.55. The topological polar surface area (TPSA) is 84.7 Å². The zero-order valence-electron chi connectivity index (χ0n) is 9.27. The molecule has 3 N–H and O–H groups in total. The Morgan fingerprint density at radius 2 is 2.50 bits per heavy atom. The largest absolute Gasteiger partial charge is 0.468 e. The summed E-state index contributed by atoms with van der Waals surface area (Å²) < 4.78 is 4.51. The van der Waals surface area contributed by atoms with E-state index in [0.29, 0.717) is 18.8 Å². The molecule has 0 aromatic carbocycles. The first-order valence-corrected chi connectivity index (χ1v) is 6.24. The van der Waals surface area contributed by atoms with Gasteiger partial charge in [0, 0.05) is 31.1 Å². The number of hydrogen-bond donors (Lipinski definition) is 2. The molecule has 1 rings (SSSR count). The fourth-order valence-electron chi connectivity index (χ4n) is 1.33. The second kappa shape index (κ2) is 6.59. The fourth-order valence-corrected chi connectivity index (χ4v) is 2.24. The van der Waals surface area contributed by atoms with Crippen LogP contribution in [0.25, 0.3) is 0 Å². The number of nitrogens with two attached hydrogens (primary N) is 1. The maximum absolute atomic E-state index is 11.2. The molecule has 7 heteroatoms. The summed E-state index contributed by atoms with van der Waals surface area (Å²) in [6.07, 6.45) is 0. The van der Waals surface area contributed by atoms with Gasteiger partial charge in [-0.15, -0.1) is 0 Å². The van der Waals surface area contributed by atoms with Gasteiger partial charge in [-0.3, -0.25) is 4.79 Å². The van der Waals surface area contributed by atoms with Crippen LogP contribution in [0.4, 0.5) is 4.79 Å². The van der Waals surface area contributed by atoms with E-state index in [1.54, 1.807) is 16.7 Å². The predicted octanol–water partition coefficient (Wildman–Crippen LogP) is -0.755. The average Bonchev–Trinajstić information content (AvgIpc) is 2.69. The molecule has 1 fully saturated rings. The Bertz CT molecular complexity index is 262. The van der Waals surface area contributed by atoms with Crippen molar-refractivity contribution in [3.05, 3.63) is 0 Å². The Labute approximate surface area is 98.9 Å². The zero-order chi connectivity index (χ0) is 12.0. The molecule has 0 bridgehead atoms. The van der Waals surface area contributed by atoms with E-state index in [-0.39, 0.29) is 6.03 Å². The Morgan fingerprint density at radius 3 is 3.06 bits per heavy atom. The van der Waals surface area contributed by atoms with E-state index in [1.165, 1.54) is 7.11 Å². The minimum atomic E-state index is -0.581. The van der Waals surface area contributed by atoms with Gasteiger partial charge in [0.05, 0.1) is 7.11 Å². The average molecular weight is 247 g/mol. The van der Waals surface area contributed by atoms with Crippen LogP contribution >= 0.6 is 11.8 Å². The van der Waals surface area contributed by atoms with Gasteiger partial charge in [0.25, 0.3) is 0 Å². The van der Waals surface area contributed by atoms with Crippen molar-refractivity contribution in [2.75, 3.05) is 38.2 Å². The summed E-state index contributed by atoms with van der Waals surface area (Å²) in [6, 6.07) is -0.597. The Balaban J connectivity index is 2.07. The third-order valence-corrected chi connectivity index (χ3v) is 3.32. The van der Waals surface area contributed by atoms with E-state index in [0.717, 1.165) is 12.3 Å². The number of nitrogens with one attached hydrogen (secondary N) is 1. The maximum Gasteiger partial charge on any atom is 0.323 e. The molecule has 2 amide bonds. The highest BCUT2D eigenvalue weighted by molar-refractivity contribution is 7.99. The van der Waals surface area contributed by atoms with Crippen molar-refractivity contribution in [1.29, 1.82) is 0 Å². The van der Waals surface area contributed by atoms with Gasteiger partial charge in [-0.05, 0) is 0 Å². The molecule has 1 saturated heterocycles. The van der Waals surface area contributed by atoms with Crippen molar-refractivity contribution in [2.45, 2.75) is 6.04 Å². The highest BCUT2D eigenvalue weighted by Gasteiger charge is 2.19. The van der Waals surface area contributed by atoms with Gasteiger partial charge in [-0.25, -0.2) is 4.79 Å². The Kier molecular flexibility index (Phi) is 5.41.